The summed E-state index contributed by atoms with van der Waals surface area (Å²) < 4.78 is 0. The summed E-state index contributed by atoms with van der Waals surface area (Å²) in [6, 6.07) is 64.2. The summed E-state index contributed by atoms with van der Waals surface area (Å²) in [5, 5.41) is 18.5. The van der Waals surface area contributed by atoms with E-state index in [9.17, 15) is 0 Å². The van der Waals surface area contributed by atoms with Crippen molar-refractivity contribution < 1.29 is 0 Å². The Hall–Kier alpha value is -6.76. The maximum absolute atomic E-state index is 2.50. The van der Waals surface area contributed by atoms with E-state index in [0.717, 1.165) is 0 Å². The van der Waals surface area contributed by atoms with Gasteiger partial charge in [-0.1, -0.05) is 140 Å². The third-order valence-corrected chi connectivity index (χ3v) is 12.2. The van der Waals surface area contributed by atoms with Crippen LogP contribution in [0.15, 0.2) is 170 Å². The normalized spacial score (nSPS) is 12.6. The lowest BCUT2D eigenvalue weighted by atomic mass is 9.85. The molecule has 2 aliphatic carbocycles. The van der Waals surface area contributed by atoms with Crippen LogP contribution in [0.3, 0.4) is 0 Å². The Morgan fingerprint density at radius 2 is 0.731 bits per heavy atom. The topological polar surface area (TPSA) is 0 Å². The molecule has 0 radical (unpaired) electrons. The summed E-state index contributed by atoms with van der Waals surface area (Å²) in [5.41, 5.74) is 13.3. The van der Waals surface area contributed by atoms with Crippen LogP contribution in [0.4, 0.5) is 0 Å². The van der Waals surface area contributed by atoms with Gasteiger partial charge in [0.15, 0.2) is 0 Å². The number of rotatable bonds is 1. The number of hydrogen-bond donors (Lipinski definition) is 0. The molecule has 0 amide bonds. The Morgan fingerprint density at radius 1 is 0.212 bits per heavy atom. The second kappa shape index (κ2) is 9.51. The lowest BCUT2D eigenvalue weighted by Gasteiger charge is -2.18. The molecule has 0 bridgehead atoms. The lowest BCUT2D eigenvalue weighted by Crippen LogP contribution is -1.90. The Kier molecular flexibility index (Phi) is 4.94. The first-order chi connectivity index (χ1) is 25.8. The molecule has 0 aromatic heterocycles. The van der Waals surface area contributed by atoms with Gasteiger partial charge in [0.25, 0.3) is 0 Å². The monoisotopic (exact) mass is 652 g/mol. The summed E-state index contributed by atoms with van der Waals surface area (Å²) in [4.78, 5) is 0. The maximum atomic E-state index is 2.50. The zero-order valence-corrected chi connectivity index (χ0v) is 28.2. The third kappa shape index (κ3) is 3.29. The highest BCUT2D eigenvalue weighted by Gasteiger charge is 2.29. The van der Waals surface area contributed by atoms with Crippen LogP contribution in [-0.4, -0.2) is 0 Å². The second-order valence-corrected chi connectivity index (χ2v) is 14.7. The van der Waals surface area contributed by atoms with Gasteiger partial charge in [0.1, 0.15) is 0 Å². The van der Waals surface area contributed by atoms with Crippen molar-refractivity contribution in [3.8, 4) is 55.6 Å². The van der Waals surface area contributed by atoms with E-state index in [1.54, 1.807) is 0 Å². The minimum absolute atomic E-state index is 1.26. The Labute approximate surface area is 299 Å². The van der Waals surface area contributed by atoms with Gasteiger partial charge in [-0.3, -0.25) is 0 Å². The standard InChI is InChI=1S/C52H28/c1-2-10-29(11-3-1)49-41-23-22-35-36(44(41)28-47-40-19-9-17-38-34-15-7-5-13-31(34)26-48(51(38)40)52(47)49)21-20-32-24-43-45(27-42(32)35)39-18-8-16-37-33-14-6-4-12-30(33)25-46(43)50(37)39/h1-28H. The quantitative estimate of drug-likeness (QED) is 0.155. The molecule has 0 unspecified atom stereocenters. The van der Waals surface area contributed by atoms with Gasteiger partial charge in [-0.25, -0.2) is 0 Å². The largest absolute Gasteiger partial charge is 0.0622 e. The van der Waals surface area contributed by atoms with Crippen LogP contribution in [0, 0.1) is 0 Å². The lowest BCUT2D eigenvalue weighted by molar-refractivity contribution is 1.66. The average Bonchev–Trinajstić information content (AvgIpc) is 3.69. The molecule has 0 heteroatoms. The predicted molar refractivity (Wildman–Crippen MR) is 223 cm³/mol. The molecule has 0 aliphatic heterocycles. The molecule has 13 rings (SSSR count). The van der Waals surface area contributed by atoms with Gasteiger partial charge in [-0.15, -0.1) is 0 Å². The molecule has 0 nitrogen and oxygen atoms in total. The molecule has 52 heavy (non-hydrogen) atoms. The summed E-state index contributed by atoms with van der Waals surface area (Å²) in [7, 11) is 0. The molecule has 0 fully saturated rings. The molecule has 0 saturated carbocycles. The summed E-state index contributed by atoms with van der Waals surface area (Å²) in [6.07, 6.45) is 0. The molecule has 0 heterocycles. The zero-order chi connectivity index (χ0) is 33.7. The number of hydrogen-bond acceptors (Lipinski definition) is 0. The molecule has 0 spiro atoms. The van der Waals surface area contributed by atoms with Crippen molar-refractivity contribution in [1.82, 2.24) is 0 Å². The summed E-state index contributed by atoms with van der Waals surface area (Å²) >= 11 is 0. The van der Waals surface area contributed by atoms with Gasteiger partial charge in [-0.2, -0.15) is 0 Å². The van der Waals surface area contributed by atoms with E-state index in [2.05, 4.69) is 170 Å². The number of fused-ring (bicyclic) bond motifs is 15. The molecule has 11 aromatic carbocycles. The van der Waals surface area contributed by atoms with Crippen LogP contribution in [0.2, 0.25) is 0 Å². The fourth-order valence-corrected chi connectivity index (χ4v) is 10.1. The van der Waals surface area contributed by atoms with Crippen molar-refractivity contribution >= 4 is 75.4 Å². The van der Waals surface area contributed by atoms with Crippen LogP contribution in [-0.2, 0) is 0 Å². The molecule has 2 aliphatic rings. The first-order valence-corrected chi connectivity index (χ1v) is 18.3. The van der Waals surface area contributed by atoms with Gasteiger partial charge in [0.05, 0.1) is 0 Å². The van der Waals surface area contributed by atoms with Gasteiger partial charge in [-0.05, 0) is 161 Å². The SMILES string of the molecule is c1ccc(-c2c3c(cc4c2ccc2c5cc6c(cc5ccc42)-c2cc4ccccc4c4cccc-6c24)-c2cccc4c2c-3cc2ccccc24)cc1. The minimum atomic E-state index is 1.26. The maximum Gasteiger partial charge on any atom is -0.00134 e. The Bertz CT molecular complexity index is 3440. The number of benzene rings is 11. The van der Waals surface area contributed by atoms with Crippen LogP contribution < -0.4 is 0 Å². The highest BCUT2D eigenvalue weighted by Crippen LogP contribution is 2.56. The fraction of sp³-hybridized carbons (Fsp3) is 0. The van der Waals surface area contributed by atoms with Crippen molar-refractivity contribution in [1.29, 1.82) is 0 Å². The van der Waals surface area contributed by atoms with Crippen LogP contribution in [0.25, 0.3) is 131 Å². The molecular formula is C52H28. The highest BCUT2D eigenvalue weighted by molar-refractivity contribution is 6.31. The molecule has 0 atom stereocenters. The minimum Gasteiger partial charge on any atom is -0.0622 e. The van der Waals surface area contributed by atoms with Crippen molar-refractivity contribution in [3.63, 3.8) is 0 Å². The van der Waals surface area contributed by atoms with Crippen molar-refractivity contribution in [2.45, 2.75) is 0 Å². The van der Waals surface area contributed by atoms with Gasteiger partial charge in [0, 0.05) is 0 Å². The highest BCUT2D eigenvalue weighted by atomic mass is 14.3. The van der Waals surface area contributed by atoms with Crippen LogP contribution >= 0.6 is 0 Å². The predicted octanol–water partition coefficient (Wildman–Crippen LogP) is 14.7. The fourth-order valence-electron chi connectivity index (χ4n) is 10.1. The van der Waals surface area contributed by atoms with Gasteiger partial charge >= 0.3 is 0 Å². The van der Waals surface area contributed by atoms with Crippen LogP contribution in [0.5, 0.6) is 0 Å². The molecular weight excluding hydrogens is 625 g/mol. The van der Waals surface area contributed by atoms with E-state index >= 15 is 0 Å². The van der Waals surface area contributed by atoms with Gasteiger partial charge in [0.2, 0.25) is 0 Å². The van der Waals surface area contributed by atoms with E-state index in [-0.39, 0.29) is 0 Å². The third-order valence-electron chi connectivity index (χ3n) is 12.2. The Morgan fingerprint density at radius 3 is 1.50 bits per heavy atom. The first-order valence-electron chi connectivity index (χ1n) is 18.3. The van der Waals surface area contributed by atoms with Gasteiger partial charge < -0.3 is 0 Å². The van der Waals surface area contributed by atoms with Crippen molar-refractivity contribution in [2.24, 2.45) is 0 Å². The molecule has 0 N–H and O–H groups in total. The smallest absolute Gasteiger partial charge is 0.00134 e. The van der Waals surface area contributed by atoms with E-state index in [1.807, 2.05) is 0 Å². The average molecular weight is 653 g/mol. The summed E-state index contributed by atoms with van der Waals surface area (Å²) in [5.74, 6) is 0. The van der Waals surface area contributed by atoms with Crippen molar-refractivity contribution in [3.05, 3.63) is 170 Å². The molecule has 0 saturated heterocycles. The van der Waals surface area contributed by atoms with E-state index in [1.165, 1.54) is 131 Å². The first kappa shape index (κ1) is 27.0. The summed E-state index contributed by atoms with van der Waals surface area (Å²) in [6.45, 7) is 0. The Balaban J connectivity index is 1.14. The second-order valence-electron chi connectivity index (χ2n) is 14.7. The molecule has 236 valence electrons. The van der Waals surface area contributed by atoms with Crippen LogP contribution in [0.1, 0.15) is 0 Å². The van der Waals surface area contributed by atoms with E-state index < -0.39 is 0 Å². The van der Waals surface area contributed by atoms with E-state index in [4.69, 9.17) is 0 Å². The van der Waals surface area contributed by atoms with E-state index in [0.29, 0.717) is 0 Å². The molecule has 11 aromatic rings. The zero-order valence-electron chi connectivity index (χ0n) is 28.2. The van der Waals surface area contributed by atoms with Crippen molar-refractivity contribution in [2.75, 3.05) is 0 Å².